The van der Waals surface area contributed by atoms with Crippen molar-refractivity contribution in [1.29, 1.82) is 0 Å². The predicted molar refractivity (Wildman–Crippen MR) is 124 cm³/mol. The minimum atomic E-state index is -0.275. The molecule has 3 nitrogen and oxygen atoms in total. The fourth-order valence-electron chi connectivity index (χ4n) is 8.78. The van der Waals surface area contributed by atoms with Gasteiger partial charge in [0.25, 0.3) is 0 Å². The molecule has 1 heterocycles. The molecule has 3 saturated carbocycles. The zero-order chi connectivity index (χ0) is 22.4. The van der Waals surface area contributed by atoms with Crippen molar-refractivity contribution in [1.82, 2.24) is 0 Å². The highest BCUT2D eigenvalue weighted by molar-refractivity contribution is 5.43. The minimum absolute atomic E-state index is 0.0296. The molecule has 0 aromatic carbocycles. The normalized spacial score (nSPS) is 52.7. The van der Waals surface area contributed by atoms with E-state index in [4.69, 9.17) is 4.74 Å². The number of hydrogen-bond acceptors (Lipinski definition) is 3. The molecule has 1 aliphatic heterocycles. The molecule has 5 aliphatic rings. The van der Waals surface area contributed by atoms with E-state index in [1.165, 1.54) is 5.57 Å². The Morgan fingerprint density at radius 1 is 1.06 bits per heavy atom. The smallest absolute Gasteiger partial charge is 0.108 e. The van der Waals surface area contributed by atoms with E-state index >= 15 is 0 Å². The Morgan fingerprint density at radius 3 is 2.52 bits per heavy atom. The van der Waals surface area contributed by atoms with E-state index in [0.29, 0.717) is 23.7 Å². The quantitative estimate of drug-likeness (QED) is 0.449. The van der Waals surface area contributed by atoms with Crippen LogP contribution in [-0.2, 0) is 4.74 Å². The summed E-state index contributed by atoms with van der Waals surface area (Å²) in [6.07, 6.45) is 13.5. The first-order chi connectivity index (χ1) is 14.5. The van der Waals surface area contributed by atoms with Crippen LogP contribution in [0.1, 0.15) is 86.5 Å². The van der Waals surface area contributed by atoms with Crippen molar-refractivity contribution in [2.45, 2.75) is 110 Å². The standard InChI is InChI=1S/C28H44O3/c1-17(2)18(3)7-8-19(4)22-16-23(30)24-25(22,5)13-14-28-26(6)11-10-21(29)15-20(26)9-12-27(24,28)31-28/h7-9,17-19,21-24,29-30H,10-16H2,1-6H3/t18-,19+,21?,22+,23?,24+,25+,26-,27+,28-/m0/s1. The molecular formula is C28H44O3. The number of hydrogen-bond donors (Lipinski definition) is 2. The van der Waals surface area contributed by atoms with Gasteiger partial charge in [-0.3, -0.25) is 0 Å². The predicted octanol–water partition coefficient (Wildman–Crippen LogP) is 5.66. The summed E-state index contributed by atoms with van der Waals surface area (Å²) in [6, 6.07) is 0. The molecule has 3 heteroatoms. The number of ether oxygens (including phenoxy) is 1. The topological polar surface area (TPSA) is 53.0 Å². The lowest BCUT2D eigenvalue weighted by Gasteiger charge is -2.54. The Kier molecular flexibility index (Phi) is 4.96. The molecule has 10 atom stereocenters. The Balaban J connectivity index is 1.45. The van der Waals surface area contributed by atoms with Crippen LogP contribution in [0.5, 0.6) is 0 Å². The second kappa shape index (κ2) is 6.93. The van der Waals surface area contributed by atoms with Crippen molar-refractivity contribution in [2.24, 2.45) is 40.4 Å². The van der Waals surface area contributed by atoms with Crippen molar-refractivity contribution in [3.05, 3.63) is 23.8 Å². The highest BCUT2D eigenvalue weighted by Crippen LogP contribution is 2.80. The number of epoxide rings is 1. The first-order valence-electron chi connectivity index (χ1n) is 12.9. The van der Waals surface area contributed by atoms with Gasteiger partial charge in [-0.1, -0.05) is 65.3 Å². The van der Waals surface area contributed by atoms with E-state index in [9.17, 15) is 10.2 Å². The number of rotatable bonds is 4. The van der Waals surface area contributed by atoms with E-state index in [1.54, 1.807) is 0 Å². The molecule has 2 N–H and O–H groups in total. The van der Waals surface area contributed by atoms with Crippen LogP contribution in [0.4, 0.5) is 0 Å². The summed E-state index contributed by atoms with van der Waals surface area (Å²) in [5.41, 5.74) is 1.27. The molecule has 31 heavy (non-hydrogen) atoms. The molecule has 1 saturated heterocycles. The van der Waals surface area contributed by atoms with E-state index in [1.807, 2.05) is 0 Å². The average molecular weight is 429 g/mol. The summed E-state index contributed by atoms with van der Waals surface area (Å²) in [7, 11) is 0. The lowest BCUT2D eigenvalue weighted by Crippen LogP contribution is -2.58. The van der Waals surface area contributed by atoms with E-state index in [-0.39, 0.29) is 40.2 Å². The fourth-order valence-corrected chi connectivity index (χ4v) is 8.78. The summed E-state index contributed by atoms with van der Waals surface area (Å²) in [5.74, 6) is 2.45. The van der Waals surface area contributed by atoms with Crippen LogP contribution in [0.2, 0.25) is 0 Å². The zero-order valence-corrected chi connectivity index (χ0v) is 20.5. The van der Waals surface area contributed by atoms with Crippen LogP contribution < -0.4 is 0 Å². The van der Waals surface area contributed by atoms with Gasteiger partial charge in [-0.2, -0.15) is 0 Å². The molecule has 4 aliphatic carbocycles. The average Bonchev–Trinajstić information content (AvgIpc) is 3.33. The Hall–Kier alpha value is -0.640. The highest BCUT2D eigenvalue weighted by Gasteiger charge is 2.86. The van der Waals surface area contributed by atoms with Crippen LogP contribution in [0, 0.1) is 40.4 Å². The van der Waals surface area contributed by atoms with Crippen molar-refractivity contribution >= 4 is 0 Å². The van der Waals surface area contributed by atoms with Gasteiger partial charge in [0, 0.05) is 11.3 Å². The number of aliphatic hydroxyl groups excluding tert-OH is 2. The number of aliphatic hydroxyl groups is 2. The molecule has 0 radical (unpaired) electrons. The summed E-state index contributed by atoms with van der Waals surface area (Å²) in [4.78, 5) is 0. The van der Waals surface area contributed by atoms with Gasteiger partial charge in [-0.05, 0) is 74.0 Å². The molecular weight excluding hydrogens is 384 g/mol. The van der Waals surface area contributed by atoms with Crippen molar-refractivity contribution in [2.75, 3.05) is 0 Å². The zero-order valence-electron chi connectivity index (χ0n) is 20.5. The molecule has 0 amide bonds. The van der Waals surface area contributed by atoms with Gasteiger partial charge in [-0.25, -0.2) is 0 Å². The highest BCUT2D eigenvalue weighted by atomic mass is 16.6. The van der Waals surface area contributed by atoms with E-state index in [2.05, 4.69) is 59.8 Å². The second-order valence-corrected chi connectivity index (χ2v) is 12.7. The molecule has 0 spiro atoms. The van der Waals surface area contributed by atoms with Crippen LogP contribution in [0.3, 0.4) is 0 Å². The molecule has 5 rings (SSSR count). The SMILES string of the molecule is CC(C)[C@@H](C)C=C[C@@H](C)[C@H]1CC(O)[C@@H]2[C@]1(C)CC[C@@]13O[C@]21CC=C1CC(O)CC[C@@]13C. The van der Waals surface area contributed by atoms with Crippen LogP contribution in [0.15, 0.2) is 23.8 Å². The maximum Gasteiger partial charge on any atom is 0.108 e. The molecule has 0 aromatic rings. The van der Waals surface area contributed by atoms with Crippen LogP contribution >= 0.6 is 0 Å². The van der Waals surface area contributed by atoms with Gasteiger partial charge in [-0.15, -0.1) is 0 Å². The lowest BCUT2D eigenvalue weighted by atomic mass is 9.46. The summed E-state index contributed by atoms with van der Waals surface area (Å²) in [6.45, 7) is 14.1. The van der Waals surface area contributed by atoms with Crippen molar-refractivity contribution in [3.63, 3.8) is 0 Å². The van der Waals surface area contributed by atoms with Crippen molar-refractivity contribution < 1.29 is 14.9 Å². The van der Waals surface area contributed by atoms with Gasteiger partial charge >= 0.3 is 0 Å². The maximum atomic E-state index is 11.5. The third kappa shape index (κ3) is 2.75. The minimum Gasteiger partial charge on any atom is -0.393 e. The largest absolute Gasteiger partial charge is 0.393 e. The monoisotopic (exact) mass is 428 g/mol. The maximum absolute atomic E-state index is 11.5. The Morgan fingerprint density at radius 2 is 1.81 bits per heavy atom. The number of fused-ring (bicyclic) bond motifs is 2. The van der Waals surface area contributed by atoms with E-state index < -0.39 is 0 Å². The molecule has 0 bridgehead atoms. The van der Waals surface area contributed by atoms with Gasteiger partial charge in [0.1, 0.15) is 11.2 Å². The fraction of sp³-hybridized carbons (Fsp3) is 0.857. The third-order valence-electron chi connectivity index (χ3n) is 11.0. The Bertz CT molecular complexity index is 800. The lowest BCUT2D eigenvalue weighted by molar-refractivity contribution is -0.0229. The molecule has 4 fully saturated rings. The van der Waals surface area contributed by atoms with Crippen molar-refractivity contribution in [3.8, 4) is 0 Å². The summed E-state index contributed by atoms with van der Waals surface area (Å²) < 4.78 is 6.92. The van der Waals surface area contributed by atoms with Gasteiger partial charge in [0.15, 0.2) is 0 Å². The number of allylic oxidation sites excluding steroid dienone is 2. The molecule has 0 aromatic heterocycles. The summed E-state index contributed by atoms with van der Waals surface area (Å²) >= 11 is 0. The Labute approximate surface area is 189 Å². The van der Waals surface area contributed by atoms with Crippen LogP contribution in [0.25, 0.3) is 0 Å². The van der Waals surface area contributed by atoms with Gasteiger partial charge < -0.3 is 14.9 Å². The van der Waals surface area contributed by atoms with E-state index in [0.717, 1.165) is 44.9 Å². The molecule has 174 valence electrons. The van der Waals surface area contributed by atoms with Gasteiger partial charge in [0.2, 0.25) is 0 Å². The molecule has 2 unspecified atom stereocenters. The third-order valence-corrected chi connectivity index (χ3v) is 11.0. The summed E-state index contributed by atoms with van der Waals surface area (Å²) in [5, 5.41) is 21.7. The second-order valence-electron chi connectivity index (χ2n) is 12.7. The first-order valence-corrected chi connectivity index (χ1v) is 12.9. The van der Waals surface area contributed by atoms with Crippen LogP contribution in [-0.4, -0.2) is 33.6 Å². The van der Waals surface area contributed by atoms with Gasteiger partial charge in [0.05, 0.1) is 12.2 Å². The first kappa shape index (κ1) is 22.2.